The quantitative estimate of drug-likeness (QED) is 0.710. The molecule has 0 radical (unpaired) electrons. The summed E-state index contributed by atoms with van der Waals surface area (Å²) >= 11 is 0. The Balaban J connectivity index is 2.53. The summed E-state index contributed by atoms with van der Waals surface area (Å²) in [7, 11) is 0. The van der Waals surface area contributed by atoms with Gasteiger partial charge in [0.15, 0.2) is 0 Å². The molecule has 1 fully saturated rings. The molecule has 2 N–H and O–H groups in total. The van der Waals surface area contributed by atoms with Crippen molar-refractivity contribution in [1.82, 2.24) is 10.2 Å². The first-order chi connectivity index (χ1) is 6.94. The van der Waals surface area contributed by atoms with Crippen LogP contribution in [0.25, 0.3) is 0 Å². The number of amides is 1. The predicted octanol–water partition coefficient (Wildman–Crippen LogP) is 0.358. The summed E-state index contributed by atoms with van der Waals surface area (Å²) in [6, 6.07) is -0.0349. The Morgan fingerprint density at radius 2 is 2.27 bits per heavy atom. The highest BCUT2D eigenvalue weighted by molar-refractivity contribution is 5.82. The summed E-state index contributed by atoms with van der Waals surface area (Å²) in [5.74, 6) is 0.122. The summed E-state index contributed by atoms with van der Waals surface area (Å²) in [4.78, 5) is 13.7. The van der Waals surface area contributed by atoms with Gasteiger partial charge >= 0.3 is 0 Å². The second kappa shape index (κ2) is 4.94. The normalized spacial score (nSPS) is 21.7. The highest BCUT2D eigenvalue weighted by Crippen LogP contribution is 2.11. The van der Waals surface area contributed by atoms with Crippen LogP contribution in [0.2, 0.25) is 0 Å². The van der Waals surface area contributed by atoms with Crippen molar-refractivity contribution in [3.05, 3.63) is 0 Å². The van der Waals surface area contributed by atoms with Gasteiger partial charge < -0.3 is 15.3 Å². The number of rotatable bonds is 4. The first kappa shape index (κ1) is 12.5. The van der Waals surface area contributed by atoms with Crippen molar-refractivity contribution in [3.8, 4) is 0 Å². The van der Waals surface area contributed by atoms with Crippen molar-refractivity contribution >= 4 is 5.91 Å². The molecule has 1 amide bonds. The number of likely N-dealkylation sites (N-methyl/N-ethyl adjacent to an activating group) is 1. The van der Waals surface area contributed by atoms with Gasteiger partial charge in [-0.15, -0.1) is 0 Å². The molecule has 15 heavy (non-hydrogen) atoms. The molecule has 1 saturated heterocycles. The van der Waals surface area contributed by atoms with Crippen LogP contribution >= 0.6 is 0 Å². The van der Waals surface area contributed by atoms with Crippen molar-refractivity contribution in [3.63, 3.8) is 0 Å². The molecule has 4 heteroatoms. The maximum Gasteiger partial charge on any atom is 0.239 e. The Labute approximate surface area is 91.6 Å². The minimum atomic E-state index is -0.815. The second-order valence-corrected chi connectivity index (χ2v) is 4.81. The zero-order chi connectivity index (χ0) is 11.5. The fraction of sp³-hybridized carbons (Fsp3) is 0.909. The zero-order valence-electron chi connectivity index (χ0n) is 9.92. The molecule has 0 bridgehead atoms. The Hall–Kier alpha value is -0.610. The molecule has 4 nitrogen and oxygen atoms in total. The van der Waals surface area contributed by atoms with Gasteiger partial charge in [-0.2, -0.15) is 0 Å². The number of nitrogens with one attached hydrogen (secondary N) is 1. The molecule has 88 valence electrons. The molecule has 1 aliphatic rings. The Kier molecular flexibility index (Phi) is 4.11. The molecule has 0 spiro atoms. The van der Waals surface area contributed by atoms with Crippen LogP contribution in [0, 0.1) is 0 Å². The van der Waals surface area contributed by atoms with E-state index in [0.717, 1.165) is 19.4 Å². The first-order valence-corrected chi connectivity index (χ1v) is 5.68. The summed E-state index contributed by atoms with van der Waals surface area (Å²) in [6.45, 7) is 7.38. The molecule has 1 rings (SSSR count). The predicted molar refractivity (Wildman–Crippen MR) is 59.6 cm³/mol. The van der Waals surface area contributed by atoms with Gasteiger partial charge in [0.2, 0.25) is 5.91 Å². The Morgan fingerprint density at radius 1 is 1.60 bits per heavy atom. The number of carbonyl (C=O) groups is 1. The third kappa shape index (κ3) is 3.80. The molecule has 1 atom stereocenters. The average molecular weight is 214 g/mol. The van der Waals surface area contributed by atoms with E-state index in [0.29, 0.717) is 13.1 Å². The SMILES string of the molecule is CCN(CC(C)(C)O)C(=O)[C@@H]1CCCN1. The van der Waals surface area contributed by atoms with Gasteiger partial charge in [-0.25, -0.2) is 0 Å². The molecule has 0 aliphatic carbocycles. The summed E-state index contributed by atoms with van der Waals surface area (Å²) < 4.78 is 0. The third-order valence-electron chi connectivity index (χ3n) is 2.63. The van der Waals surface area contributed by atoms with E-state index in [-0.39, 0.29) is 11.9 Å². The van der Waals surface area contributed by atoms with Crippen LogP contribution in [-0.4, -0.2) is 47.2 Å². The van der Waals surface area contributed by atoms with Crippen LogP contribution in [0.5, 0.6) is 0 Å². The van der Waals surface area contributed by atoms with Gasteiger partial charge in [0, 0.05) is 13.1 Å². The molecular weight excluding hydrogens is 192 g/mol. The molecule has 0 unspecified atom stereocenters. The lowest BCUT2D eigenvalue weighted by Crippen LogP contribution is -2.48. The smallest absolute Gasteiger partial charge is 0.239 e. The van der Waals surface area contributed by atoms with Gasteiger partial charge in [0.25, 0.3) is 0 Å². The standard InChI is InChI=1S/C11H22N2O2/c1-4-13(8-11(2,3)15)10(14)9-6-5-7-12-9/h9,12,15H,4-8H2,1-3H3/t9-/m0/s1. The number of nitrogens with zero attached hydrogens (tertiary/aromatic N) is 1. The highest BCUT2D eigenvalue weighted by Gasteiger charge is 2.28. The van der Waals surface area contributed by atoms with Crippen LogP contribution < -0.4 is 5.32 Å². The van der Waals surface area contributed by atoms with Gasteiger partial charge in [0.1, 0.15) is 0 Å². The van der Waals surface area contributed by atoms with E-state index in [1.54, 1.807) is 18.7 Å². The molecule has 1 aliphatic heterocycles. The average Bonchev–Trinajstić information content (AvgIpc) is 2.64. The van der Waals surface area contributed by atoms with Crippen LogP contribution in [-0.2, 0) is 4.79 Å². The largest absolute Gasteiger partial charge is 0.389 e. The van der Waals surface area contributed by atoms with Crippen LogP contribution in [0.15, 0.2) is 0 Å². The molecule has 0 aromatic rings. The summed E-state index contributed by atoms with van der Waals surface area (Å²) in [6.07, 6.45) is 1.98. The van der Waals surface area contributed by atoms with Crippen LogP contribution in [0.3, 0.4) is 0 Å². The second-order valence-electron chi connectivity index (χ2n) is 4.81. The molecule has 0 aromatic heterocycles. The summed E-state index contributed by atoms with van der Waals surface area (Å²) in [5.41, 5.74) is -0.815. The van der Waals surface area contributed by atoms with E-state index >= 15 is 0 Å². The monoisotopic (exact) mass is 214 g/mol. The van der Waals surface area contributed by atoms with Crippen molar-refractivity contribution in [2.24, 2.45) is 0 Å². The zero-order valence-corrected chi connectivity index (χ0v) is 9.92. The summed E-state index contributed by atoms with van der Waals surface area (Å²) in [5, 5.41) is 12.9. The highest BCUT2D eigenvalue weighted by atomic mass is 16.3. The van der Waals surface area contributed by atoms with E-state index < -0.39 is 5.60 Å². The fourth-order valence-corrected chi connectivity index (χ4v) is 1.93. The van der Waals surface area contributed by atoms with Gasteiger partial charge in [-0.1, -0.05) is 0 Å². The van der Waals surface area contributed by atoms with E-state index in [4.69, 9.17) is 0 Å². The molecular formula is C11H22N2O2. The van der Waals surface area contributed by atoms with Gasteiger partial charge in [-0.3, -0.25) is 4.79 Å². The third-order valence-corrected chi connectivity index (χ3v) is 2.63. The van der Waals surface area contributed by atoms with Crippen molar-refractivity contribution in [2.45, 2.75) is 45.3 Å². The van der Waals surface area contributed by atoms with E-state index in [9.17, 15) is 9.90 Å². The fourth-order valence-electron chi connectivity index (χ4n) is 1.93. The minimum absolute atomic E-state index is 0.0349. The Bertz CT molecular complexity index is 217. The van der Waals surface area contributed by atoms with Crippen LogP contribution in [0.4, 0.5) is 0 Å². The number of hydrogen-bond acceptors (Lipinski definition) is 3. The lowest BCUT2D eigenvalue weighted by atomic mass is 10.1. The Morgan fingerprint density at radius 3 is 2.67 bits per heavy atom. The topological polar surface area (TPSA) is 52.6 Å². The lowest BCUT2D eigenvalue weighted by molar-refractivity contribution is -0.135. The van der Waals surface area contributed by atoms with E-state index in [1.165, 1.54) is 0 Å². The van der Waals surface area contributed by atoms with Crippen molar-refractivity contribution < 1.29 is 9.90 Å². The van der Waals surface area contributed by atoms with Crippen molar-refractivity contribution in [2.75, 3.05) is 19.6 Å². The van der Waals surface area contributed by atoms with Gasteiger partial charge in [-0.05, 0) is 40.2 Å². The van der Waals surface area contributed by atoms with Gasteiger partial charge in [0.05, 0.1) is 11.6 Å². The molecule has 0 aromatic carbocycles. The molecule has 1 heterocycles. The number of carbonyl (C=O) groups excluding carboxylic acids is 1. The van der Waals surface area contributed by atoms with E-state index in [1.807, 2.05) is 6.92 Å². The number of aliphatic hydroxyl groups is 1. The minimum Gasteiger partial charge on any atom is -0.389 e. The maximum absolute atomic E-state index is 12.0. The number of hydrogen-bond donors (Lipinski definition) is 2. The van der Waals surface area contributed by atoms with Crippen LogP contribution in [0.1, 0.15) is 33.6 Å². The van der Waals surface area contributed by atoms with Crippen molar-refractivity contribution in [1.29, 1.82) is 0 Å². The maximum atomic E-state index is 12.0. The lowest BCUT2D eigenvalue weighted by Gasteiger charge is -2.30. The first-order valence-electron chi connectivity index (χ1n) is 5.68. The van der Waals surface area contributed by atoms with E-state index in [2.05, 4.69) is 5.32 Å². The molecule has 0 saturated carbocycles.